The van der Waals surface area contributed by atoms with Gasteiger partial charge in [0.15, 0.2) is 0 Å². The molecule has 5 nitrogen and oxygen atoms in total. The van der Waals surface area contributed by atoms with Crippen LogP contribution in [0, 0.1) is 0 Å². The lowest BCUT2D eigenvalue weighted by molar-refractivity contribution is -0.119. The van der Waals surface area contributed by atoms with Gasteiger partial charge in [-0.3, -0.25) is 4.79 Å². The number of hydrogen-bond donors (Lipinski definition) is 2. The lowest BCUT2D eigenvalue weighted by Crippen LogP contribution is -2.27. The van der Waals surface area contributed by atoms with Crippen LogP contribution < -0.4 is 5.32 Å². The van der Waals surface area contributed by atoms with E-state index in [2.05, 4.69) is 10.3 Å². The SMILES string of the molecule is CC(=O)NC(C)c1nc2ccccc2n1CC(O)c1ccccc1. The number of benzene rings is 2. The van der Waals surface area contributed by atoms with Crippen molar-refractivity contribution in [1.82, 2.24) is 14.9 Å². The normalized spacial score (nSPS) is 13.6. The molecule has 124 valence electrons. The van der Waals surface area contributed by atoms with E-state index < -0.39 is 6.10 Å². The molecule has 1 aromatic heterocycles. The number of aliphatic hydroxyl groups is 1. The summed E-state index contributed by atoms with van der Waals surface area (Å²) in [6, 6.07) is 17.1. The third-order valence-electron chi connectivity index (χ3n) is 4.03. The number of hydrogen-bond acceptors (Lipinski definition) is 3. The molecule has 2 unspecified atom stereocenters. The highest BCUT2D eigenvalue weighted by atomic mass is 16.3. The van der Waals surface area contributed by atoms with E-state index >= 15 is 0 Å². The molecule has 0 aliphatic carbocycles. The largest absolute Gasteiger partial charge is 0.387 e. The quantitative estimate of drug-likeness (QED) is 0.758. The lowest BCUT2D eigenvalue weighted by Gasteiger charge is -2.18. The monoisotopic (exact) mass is 323 g/mol. The average Bonchev–Trinajstić information content (AvgIpc) is 2.94. The molecule has 3 aromatic rings. The highest BCUT2D eigenvalue weighted by Gasteiger charge is 2.19. The molecule has 0 spiro atoms. The summed E-state index contributed by atoms with van der Waals surface area (Å²) < 4.78 is 1.98. The summed E-state index contributed by atoms with van der Waals surface area (Å²) in [6.07, 6.45) is -0.646. The van der Waals surface area contributed by atoms with Crippen LogP contribution in [0.3, 0.4) is 0 Å². The topological polar surface area (TPSA) is 67.2 Å². The molecule has 1 heterocycles. The number of rotatable bonds is 5. The molecule has 0 aliphatic rings. The maximum Gasteiger partial charge on any atom is 0.217 e. The number of nitrogens with zero attached hydrogens (tertiary/aromatic N) is 2. The van der Waals surface area contributed by atoms with Crippen molar-refractivity contribution in [3.63, 3.8) is 0 Å². The predicted molar refractivity (Wildman–Crippen MR) is 93.4 cm³/mol. The van der Waals surface area contributed by atoms with Crippen LogP contribution in [0.5, 0.6) is 0 Å². The summed E-state index contributed by atoms with van der Waals surface area (Å²) in [5.74, 6) is 0.631. The summed E-state index contributed by atoms with van der Waals surface area (Å²) in [7, 11) is 0. The Morgan fingerprint density at radius 3 is 2.54 bits per heavy atom. The van der Waals surface area contributed by atoms with Crippen LogP contribution >= 0.6 is 0 Å². The van der Waals surface area contributed by atoms with Gasteiger partial charge in [-0.15, -0.1) is 0 Å². The molecule has 0 fully saturated rings. The average molecular weight is 323 g/mol. The van der Waals surface area contributed by atoms with E-state index in [1.54, 1.807) is 0 Å². The fourth-order valence-corrected chi connectivity index (χ4v) is 2.94. The predicted octanol–water partition coefficient (Wildman–Crippen LogP) is 2.97. The number of amides is 1. The van der Waals surface area contributed by atoms with E-state index in [0.29, 0.717) is 6.54 Å². The molecule has 24 heavy (non-hydrogen) atoms. The van der Waals surface area contributed by atoms with Gasteiger partial charge < -0.3 is 15.0 Å². The van der Waals surface area contributed by atoms with Crippen molar-refractivity contribution in [2.75, 3.05) is 0 Å². The summed E-state index contributed by atoms with van der Waals surface area (Å²) in [5, 5.41) is 13.5. The molecule has 5 heteroatoms. The van der Waals surface area contributed by atoms with Crippen molar-refractivity contribution < 1.29 is 9.90 Å². The van der Waals surface area contributed by atoms with Crippen molar-refractivity contribution in [2.45, 2.75) is 32.5 Å². The van der Waals surface area contributed by atoms with E-state index in [4.69, 9.17) is 0 Å². The van der Waals surface area contributed by atoms with Crippen molar-refractivity contribution >= 4 is 16.9 Å². The van der Waals surface area contributed by atoms with Crippen molar-refractivity contribution in [2.24, 2.45) is 0 Å². The number of fused-ring (bicyclic) bond motifs is 1. The van der Waals surface area contributed by atoms with Gasteiger partial charge in [0.05, 0.1) is 29.7 Å². The maximum absolute atomic E-state index is 11.4. The highest BCUT2D eigenvalue weighted by molar-refractivity contribution is 5.77. The zero-order valence-electron chi connectivity index (χ0n) is 13.8. The molecule has 0 saturated carbocycles. The third-order valence-corrected chi connectivity index (χ3v) is 4.03. The molecular weight excluding hydrogens is 302 g/mol. The van der Waals surface area contributed by atoms with Gasteiger partial charge in [-0.1, -0.05) is 42.5 Å². The minimum atomic E-state index is -0.646. The van der Waals surface area contributed by atoms with Crippen LogP contribution in [-0.4, -0.2) is 20.6 Å². The van der Waals surface area contributed by atoms with E-state index in [9.17, 15) is 9.90 Å². The van der Waals surface area contributed by atoms with Crippen LogP contribution in [0.2, 0.25) is 0 Å². The van der Waals surface area contributed by atoms with Gasteiger partial charge in [-0.2, -0.15) is 0 Å². The Hall–Kier alpha value is -2.66. The molecule has 2 N–H and O–H groups in total. The minimum absolute atomic E-state index is 0.107. The molecule has 0 saturated heterocycles. The third kappa shape index (κ3) is 3.31. The van der Waals surface area contributed by atoms with Crippen LogP contribution in [0.1, 0.15) is 37.4 Å². The number of aromatic nitrogens is 2. The maximum atomic E-state index is 11.4. The summed E-state index contributed by atoms with van der Waals surface area (Å²) in [4.78, 5) is 16.0. The number of imidazole rings is 1. The summed E-state index contributed by atoms with van der Waals surface area (Å²) in [5.41, 5.74) is 2.65. The Morgan fingerprint density at radius 1 is 1.17 bits per heavy atom. The standard InChI is InChI=1S/C19H21N3O2/c1-13(20-14(2)23)19-21-16-10-6-7-11-17(16)22(19)12-18(24)15-8-4-3-5-9-15/h3-11,13,18,24H,12H2,1-2H3,(H,20,23). The number of nitrogens with one attached hydrogen (secondary N) is 1. The van der Waals surface area contributed by atoms with Crippen LogP contribution in [0.25, 0.3) is 11.0 Å². The first-order valence-electron chi connectivity index (χ1n) is 8.01. The van der Waals surface area contributed by atoms with E-state index in [1.807, 2.05) is 66.1 Å². The second kappa shape index (κ2) is 6.84. The zero-order chi connectivity index (χ0) is 17.1. The smallest absolute Gasteiger partial charge is 0.217 e. The van der Waals surface area contributed by atoms with E-state index in [1.165, 1.54) is 6.92 Å². The summed E-state index contributed by atoms with van der Waals surface area (Å²) >= 11 is 0. The lowest BCUT2D eigenvalue weighted by atomic mass is 10.1. The summed E-state index contributed by atoms with van der Waals surface area (Å²) in [6.45, 7) is 3.76. The Morgan fingerprint density at radius 2 is 1.83 bits per heavy atom. The molecule has 3 rings (SSSR count). The van der Waals surface area contributed by atoms with Crippen molar-refractivity contribution in [3.05, 3.63) is 66.0 Å². The minimum Gasteiger partial charge on any atom is -0.387 e. The second-order valence-corrected chi connectivity index (χ2v) is 5.92. The van der Waals surface area contributed by atoms with Crippen LogP contribution in [0.15, 0.2) is 54.6 Å². The van der Waals surface area contributed by atoms with Crippen LogP contribution in [-0.2, 0) is 11.3 Å². The Balaban J connectivity index is 1.99. The van der Waals surface area contributed by atoms with Gasteiger partial charge >= 0.3 is 0 Å². The fourth-order valence-electron chi connectivity index (χ4n) is 2.94. The number of para-hydroxylation sites is 2. The molecule has 2 atom stereocenters. The zero-order valence-corrected chi connectivity index (χ0v) is 13.8. The Kier molecular flexibility index (Phi) is 4.62. The van der Waals surface area contributed by atoms with Gasteiger partial charge in [0.2, 0.25) is 5.91 Å². The van der Waals surface area contributed by atoms with E-state index in [-0.39, 0.29) is 11.9 Å². The first-order chi connectivity index (χ1) is 11.6. The number of carbonyl (C=O) groups is 1. The van der Waals surface area contributed by atoms with Gasteiger partial charge in [-0.05, 0) is 24.6 Å². The van der Waals surface area contributed by atoms with E-state index in [0.717, 1.165) is 22.4 Å². The van der Waals surface area contributed by atoms with Crippen molar-refractivity contribution in [3.8, 4) is 0 Å². The molecule has 2 aromatic carbocycles. The van der Waals surface area contributed by atoms with Gasteiger partial charge in [0.1, 0.15) is 5.82 Å². The van der Waals surface area contributed by atoms with Gasteiger partial charge in [0, 0.05) is 6.92 Å². The fraction of sp³-hybridized carbons (Fsp3) is 0.263. The van der Waals surface area contributed by atoms with Crippen molar-refractivity contribution in [1.29, 1.82) is 0 Å². The molecule has 1 amide bonds. The number of aliphatic hydroxyl groups excluding tert-OH is 1. The second-order valence-electron chi connectivity index (χ2n) is 5.92. The Bertz CT molecular complexity index is 842. The molecule has 0 radical (unpaired) electrons. The van der Waals surface area contributed by atoms with Crippen LogP contribution in [0.4, 0.5) is 0 Å². The first-order valence-corrected chi connectivity index (χ1v) is 8.01. The highest BCUT2D eigenvalue weighted by Crippen LogP contribution is 2.24. The first kappa shape index (κ1) is 16.2. The van der Waals surface area contributed by atoms with Gasteiger partial charge in [-0.25, -0.2) is 4.98 Å². The molecular formula is C19H21N3O2. The Labute approximate surface area is 141 Å². The van der Waals surface area contributed by atoms with Gasteiger partial charge in [0.25, 0.3) is 0 Å². The number of carbonyl (C=O) groups excluding carboxylic acids is 1. The molecule has 0 bridgehead atoms. The molecule has 0 aliphatic heterocycles.